The molecule has 0 spiro atoms. The number of hydrogen-bond acceptors (Lipinski definition) is 2. The van der Waals surface area contributed by atoms with E-state index in [4.69, 9.17) is 4.74 Å². The van der Waals surface area contributed by atoms with Crippen LogP contribution in [0.15, 0.2) is 78.9 Å². The van der Waals surface area contributed by atoms with Crippen molar-refractivity contribution in [2.24, 2.45) is 0 Å². The highest BCUT2D eigenvalue weighted by atomic mass is 16.5. The molecule has 1 aliphatic heterocycles. The maximum absolute atomic E-state index is 6.38. The van der Waals surface area contributed by atoms with Gasteiger partial charge in [-0.2, -0.15) is 0 Å². The summed E-state index contributed by atoms with van der Waals surface area (Å²) in [4.78, 5) is 2.14. The van der Waals surface area contributed by atoms with Crippen molar-refractivity contribution in [2.45, 2.75) is 19.3 Å². The first-order valence-corrected chi connectivity index (χ1v) is 11.3. The van der Waals surface area contributed by atoms with Gasteiger partial charge in [0.05, 0.1) is 0 Å². The van der Waals surface area contributed by atoms with E-state index >= 15 is 0 Å². The normalized spacial score (nSPS) is 15.4. The molecule has 2 nitrogen and oxygen atoms in total. The van der Waals surface area contributed by atoms with E-state index in [0.29, 0.717) is 6.61 Å². The average Bonchev–Trinajstić information content (AvgIpc) is 3.06. The van der Waals surface area contributed by atoms with Crippen molar-refractivity contribution in [3.63, 3.8) is 0 Å². The van der Waals surface area contributed by atoms with Gasteiger partial charge in [-0.25, -0.2) is 0 Å². The zero-order valence-corrected chi connectivity index (χ0v) is 19.1. The molecule has 2 aliphatic rings. The highest BCUT2D eigenvalue weighted by Crippen LogP contribution is 2.57. The molecule has 0 fully saturated rings. The molecule has 0 saturated carbocycles. The van der Waals surface area contributed by atoms with E-state index in [1.54, 1.807) is 0 Å². The molecule has 0 radical (unpaired) electrons. The van der Waals surface area contributed by atoms with Crippen molar-refractivity contribution in [2.75, 3.05) is 25.6 Å². The molecule has 0 saturated heterocycles. The van der Waals surface area contributed by atoms with E-state index in [9.17, 15) is 0 Å². The van der Waals surface area contributed by atoms with E-state index in [1.165, 1.54) is 55.4 Å². The molecule has 0 atom stereocenters. The van der Waals surface area contributed by atoms with Crippen LogP contribution in [-0.2, 0) is 5.41 Å². The Morgan fingerprint density at radius 1 is 0.781 bits per heavy atom. The third-order valence-corrected chi connectivity index (χ3v) is 7.14. The zero-order valence-electron chi connectivity index (χ0n) is 19.1. The Morgan fingerprint density at radius 2 is 1.47 bits per heavy atom. The third-order valence-electron chi connectivity index (χ3n) is 7.14. The molecule has 158 valence electrons. The van der Waals surface area contributed by atoms with E-state index in [0.717, 1.165) is 5.75 Å². The SMILES string of the molecule is CN(C)c1ccc(C2=CCOc3c2c2c(c4ccccc34)-c3ccccc3C2(C)C)cc1. The quantitative estimate of drug-likeness (QED) is 0.347. The van der Waals surface area contributed by atoms with Gasteiger partial charge in [0.1, 0.15) is 12.4 Å². The summed E-state index contributed by atoms with van der Waals surface area (Å²) < 4.78 is 6.38. The Morgan fingerprint density at radius 3 is 2.22 bits per heavy atom. The van der Waals surface area contributed by atoms with Crippen LogP contribution in [0.3, 0.4) is 0 Å². The number of fused-ring (bicyclic) bond motifs is 8. The van der Waals surface area contributed by atoms with Gasteiger partial charge in [-0.3, -0.25) is 0 Å². The predicted octanol–water partition coefficient (Wildman–Crippen LogP) is 7.04. The second-order valence-corrected chi connectivity index (χ2v) is 9.54. The van der Waals surface area contributed by atoms with Crippen LogP contribution in [0.1, 0.15) is 36.1 Å². The second-order valence-electron chi connectivity index (χ2n) is 9.54. The van der Waals surface area contributed by atoms with Gasteiger partial charge in [0.2, 0.25) is 0 Å². The maximum atomic E-state index is 6.38. The number of nitrogens with zero attached hydrogens (tertiary/aromatic N) is 1. The Hall–Kier alpha value is -3.52. The molecular formula is C30H27NO. The van der Waals surface area contributed by atoms with Gasteiger partial charge in [-0.1, -0.05) is 74.5 Å². The largest absolute Gasteiger partial charge is 0.488 e. The summed E-state index contributed by atoms with van der Waals surface area (Å²) in [7, 11) is 4.16. The lowest BCUT2D eigenvalue weighted by molar-refractivity contribution is 0.361. The first-order valence-electron chi connectivity index (χ1n) is 11.3. The summed E-state index contributed by atoms with van der Waals surface area (Å²) in [5, 5.41) is 2.48. The Balaban J connectivity index is 1.71. The Kier molecular flexibility index (Phi) is 4.04. The predicted molar refractivity (Wildman–Crippen MR) is 135 cm³/mol. The summed E-state index contributed by atoms with van der Waals surface area (Å²) in [6.45, 7) is 5.30. The highest BCUT2D eigenvalue weighted by Gasteiger charge is 2.41. The molecule has 0 amide bonds. The maximum Gasteiger partial charge on any atom is 0.135 e. The van der Waals surface area contributed by atoms with Crippen molar-refractivity contribution >= 4 is 22.0 Å². The summed E-state index contributed by atoms with van der Waals surface area (Å²) >= 11 is 0. The average molecular weight is 418 g/mol. The van der Waals surface area contributed by atoms with E-state index in [2.05, 4.69) is 112 Å². The number of anilines is 1. The fourth-order valence-electron chi connectivity index (χ4n) is 5.61. The topological polar surface area (TPSA) is 12.5 Å². The van der Waals surface area contributed by atoms with Crippen LogP contribution in [0.5, 0.6) is 5.75 Å². The van der Waals surface area contributed by atoms with Crippen molar-refractivity contribution in [3.05, 3.63) is 101 Å². The van der Waals surface area contributed by atoms with Crippen LogP contribution >= 0.6 is 0 Å². The van der Waals surface area contributed by atoms with Crippen LogP contribution in [0, 0.1) is 0 Å². The molecule has 2 heteroatoms. The minimum absolute atomic E-state index is 0.108. The molecular weight excluding hydrogens is 390 g/mol. The van der Waals surface area contributed by atoms with E-state index < -0.39 is 0 Å². The minimum Gasteiger partial charge on any atom is -0.488 e. The smallest absolute Gasteiger partial charge is 0.135 e. The van der Waals surface area contributed by atoms with E-state index in [1.807, 2.05) is 0 Å². The number of ether oxygens (including phenoxy) is 1. The summed E-state index contributed by atoms with van der Waals surface area (Å²) in [5.74, 6) is 1.02. The Bertz CT molecular complexity index is 1410. The van der Waals surface area contributed by atoms with E-state index in [-0.39, 0.29) is 5.41 Å². The molecule has 32 heavy (non-hydrogen) atoms. The van der Waals surface area contributed by atoms with Crippen molar-refractivity contribution < 1.29 is 4.74 Å². The molecule has 6 rings (SSSR count). The third kappa shape index (κ3) is 2.53. The highest BCUT2D eigenvalue weighted by molar-refractivity contribution is 6.10. The fourth-order valence-corrected chi connectivity index (χ4v) is 5.61. The lowest BCUT2D eigenvalue weighted by atomic mass is 9.76. The van der Waals surface area contributed by atoms with Crippen LogP contribution in [0.25, 0.3) is 27.5 Å². The number of benzene rings is 4. The summed E-state index contributed by atoms with van der Waals surface area (Å²) in [6.07, 6.45) is 2.25. The van der Waals surface area contributed by atoms with Gasteiger partial charge >= 0.3 is 0 Å². The van der Waals surface area contributed by atoms with Crippen LogP contribution in [0.4, 0.5) is 5.69 Å². The summed E-state index contributed by atoms with van der Waals surface area (Å²) in [5.41, 5.74) is 10.4. The second kappa shape index (κ2) is 6.74. The standard InChI is InChI=1S/C30H27NO/c1-30(2)25-12-8-7-11-24(25)26-22-9-5-6-10-23(22)29-27(28(26)30)21(17-18-32-29)19-13-15-20(16-14-19)31(3)4/h5-17H,18H2,1-4H3. The number of rotatable bonds is 2. The van der Waals surface area contributed by atoms with Crippen LogP contribution in [-0.4, -0.2) is 20.7 Å². The lowest BCUT2D eigenvalue weighted by Gasteiger charge is -2.30. The molecule has 0 aromatic heterocycles. The minimum atomic E-state index is -0.108. The van der Waals surface area contributed by atoms with Crippen molar-refractivity contribution in [3.8, 4) is 16.9 Å². The van der Waals surface area contributed by atoms with Crippen LogP contribution < -0.4 is 9.64 Å². The molecule has 1 heterocycles. The van der Waals surface area contributed by atoms with Gasteiger partial charge in [0.25, 0.3) is 0 Å². The molecule has 4 aromatic carbocycles. The first-order chi connectivity index (χ1) is 15.5. The monoisotopic (exact) mass is 417 g/mol. The van der Waals surface area contributed by atoms with Crippen LogP contribution in [0.2, 0.25) is 0 Å². The van der Waals surface area contributed by atoms with Gasteiger partial charge < -0.3 is 9.64 Å². The van der Waals surface area contributed by atoms with Gasteiger partial charge in [-0.05, 0) is 57.0 Å². The molecule has 0 unspecified atom stereocenters. The van der Waals surface area contributed by atoms with Gasteiger partial charge in [0, 0.05) is 36.1 Å². The zero-order chi connectivity index (χ0) is 22.0. The molecule has 1 aliphatic carbocycles. The fraction of sp³-hybridized carbons (Fsp3) is 0.200. The van der Waals surface area contributed by atoms with Gasteiger partial charge in [-0.15, -0.1) is 0 Å². The molecule has 0 N–H and O–H groups in total. The Labute approximate surface area is 189 Å². The molecule has 4 aromatic rings. The van der Waals surface area contributed by atoms with Gasteiger partial charge in [0.15, 0.2) is 0 Å². The molecule has 0 bridgehead atoms. The number of hydrogen-bond donors (Lipinski definition) is 0. The first kappa shape index (κ1) is 19.2. The van der Waals surface area contributed by atoms with Crippen molar-refractivity contribution in [1.29, 1.82) is 0 Å². The summed E-state index contributed by atoms with van der Waals surface area (Å²) in [6, 6.07) is 26.5. The lowest BCUT2D eigenvalue weighted by Crippen LogP contribution is -2.20. The van der Waals surface area contributed by atoms with Crippen molar-refractivity contribution in [1.82, 2.24) is 0 Å².